The van der Waals surface area contributed by atoms with Gasteiger partial charge in [-0.3, -0.25) is 0 Å². The van der Waals surface area contributed by atoms with E-state index in [1.54, 1.807) is 14.2 Å². The summed E-state index contributed by atoms with van der Waals surface area (Å²) in [6, 6.07) is 6.23. The fraction of sp³-hybridized carbons (Fsp3) is 0.571. The lowest BCUT2D eigenvalue weighted by atomic mass is 10.1. The summed E-state index contributed by atoms with van der Waals surface area (Å²) in [7, 11) is 3.39. The molecule has 1 aliphatic carbocycles. The Balaban J connectivity index is 2.10. The predicted molar refractivity (Wildman–Crippen MR) is 75.2 cm³/mol. The van der Waals surface area contributed by atoms with Crippen LogP contribution in [-0.4, -0.2) is 26.5 Å². The van der Waals surface area contributed by atoms with Gasteiger partial charge in [0.2, 0.25) is 0 Å². The van der Waals surface area contributed by atoms with E-state index in [0.717, 1.165) is 17.2 Å². The van der Waals surface area contributed by atoms with Crippen LogP contribution in [0.25, 0.3) is 0 Å². The van der Waals surface area contributed by atoms with Crippen LogP contribution < -0.4 is 10.5 Å². The van der Waals surface area contributed by atoms with Gasteiger partial charge in [-0.2, -0.15) is 0 Å². The second-order valence-corrected chi connectivity index (χ2v) is 5.69. The molecule has 1 aliphatic rings. The fourth-order valence-corrected chi connectivity index (χ4v) is 3.06. The second kappa shape index (κ2) is 6.45. The molecule has 0 radical (unpaired) electrons. The Labute approximate surface area is 113 Å². The van der Waals surface area contributed by atoms with Gasteiger partial charge in [-0.15, -0.1) is 11.8 Å². The van der Waals surface area contributed by atoms with Gasteiger partial charge in [0, 0.05) is 24.3 Å². The maximum atomic E-state index is 5.68. The molecule has 3 nitrogen and oxygen atoms in total. The number of rotatable bonds is 7. The van der Waals surface area contributed by atoms with Crippen molar-refractivity contribution in [1.82, 2.24) is 0 Å². The number of hydrogen-bond acceptors (Lipinski definition) is 4. The van der Waals surface area contributed by atoms with Gasteiger partial charge in [0.1, 0.15) is 5.75 Å². The minimum absolute atomic E-state index is 0.0543. The SMILES string of the molecule is COc1cc(C(CN)OC)ccc1SCC1CC1. The van der Waals surface area contributed by atoms with E-state index >= 15 is 0 Å². The van der Waals surface area contributed by atoms with E-state index in [1.807, 2.05) is 17.8 Å². The summed E-state index contributed by atoms with van der Waals surface area (Å²) in [6.45, 7) is 0.480. The third-order valence-electron chi connectivity index (χ3n) is 3.23. The van der Waals surface area contributed by atoms with Crippen molar-refractivity contribution in [2.24, 2.45) is 11.7 Å². The zero-order valence-electron chi connectivity index (χ0n) is 11.0. The van der Waals surface area contributed by atoms with E-state index in [2.05, 4.69) is 12.1 Å². The molecule has 0 heterocycles. The van der Waals surface area contributed by atoms with Crippen LogP contribution in [0.1, 0.15) is 24.5 Å². The quantitative estimate of drug-likeness (QED) is 0.772. The monoisotopic (exact) mass is 267 g/mol. The van der Waals surface area contributed by atoms with Crippen LogP contribution in [0.4, 0.5) is 0 Å². The lowest BCUT2D eigenvalue weighted by Crippen LogP contribution is -2.14. The van der Waals surface area contributed by atoms with Crippen LogP contribution in [0.15, 0.2) is 23.1 Å². The van der Waals surface area contributed by atoms with Crippen molar-refractivity contribution in [3.63, 3.8) is 0 Å². The van der Waals surface area contributed by atoms with Crippen LogP contribution in [0.3, 0.4) is 0 Å². The minimum atomic E-state index is -0.0543. The van der Waals surface area contributed by atoms with Crippen molar-refractivity contribution in [3.05, 3.63) is 23.8 Å². The Hall–Kier alpha value is -0.710. The molecule has 0 spiro atoms. The molecule has 1 unspecified atom stereocenters. The van der Waals surface area contributed by atoms with Crippen LogP contribution in [0, 0.1) is 5.92 Å². The first-order valence-electron chi connectivity index (χ1n) is 6.32. The molecule has 18 heavy (non-hydrogen) atoms. The molecule has 100 valence electrons. The number of benzene rings is 1. The normalized spacial score (nSPS) is 16.6. The molecule has 0 aliphatic heterocycles. The smallest absolute Gasteiger partial charge is 0.132 e. The molecular weight excluding hydrogens is 246 g/mol. The third-order valence-corrected chi connectivity index (χ3v) is 4.52. The maximum absolute atomic E-state index is 5.68. The van der Waals surface area contributed by atoms with Crippen molar-refractivity contribution in [2.75, 3.05) is 26.5 Å². The van der Waals surface area contributed by atoms with Crippen LogP contribution in [0.5, 0.6) is 5.75 Å². The summed E-state index contributed by atoms with van der Waals surface area (Å²) < 4.78 is 10.8. The number of thioether (sulfide) groups is 1. The first-order valence-corrected chi connectivity index (χ1v) is 7.30. The summed E-state index contributed by atoms with van der Waals surface area (Å²) in [6.07, 6.45) is 2.71. The molecule has 0 saturated heterocycles. The highest BCUT2D eigenvalue weighted by molar-refractivity contribution is 7.99. The number of methoxy groups -OCH3 is 2. The summed E-state index contributed by atoms with van der Waals surface area (Å²) in [4.78, 5) is 1.21. The molecular formula is C14H21NO2S. The lowest BCUT2D eigenvalue weighted by molar-refractivity contribution is 0.110. The number of hydrogen-bond donors (Lipinski definition) is 1. The Morgan fingerprint density at radius 2 is 2.17 bits per heavy atom. The van der Waals surface area contributed by atoms with Gasteiger partial charge >= 0.3 is 0 Å². The highest BCUT2D eigenvalue weighted by Crippen LogP contribution is 2.38. The Kier molecular flexibility index (Phi) is 4.92. The maximum Gasteiger partial charge on any atom is 0.132 e. The largest absolute Gasteiger partial charge is 0.496 e. The average Bonchev–Trinajstić information content (AvgIpc) is 3.22. The summed E-state index contributed by atoms with van der Waals surface area (Å²) >= 11 is 1.88. The lowest BCUT2D eigenvalue weighted by Gasteiger charge is -2.16. The molecule has 0 amide bonds. The van der Waals surface area contributed by atoms with Gasteiger partial charge in [-0.1, -0.05) is 6.07 Å². The molecule has 2 rings (SSSR count). The van der Waals surface area contributed by atoms with Crippen molar-refractivity contribution in [1.29, 1.82) is 0 Å². The summed E-state index contributed by atoms with van der Waals surface area (Å²) in [5.41, 5.74) is 6.76. The zero-order chi connectivity index (χ0) is 13.0. The molecule has 1 atom stereocenters. The van der Waals surface area contributed by atoms with Crippen molar-refractivity contribution in [3.8, 4) is 5.75 Å². The second-order valence-electron chi connectivity index (χ2n) is 4.62. The minimum Gasteiger partial charge on any atom is -0.496 e. The van der Waals surface area contributed by atoms with Crippen molar-refractivity contribution >= 4 is 11.8 Å². The van der Waals surface area contributed by atoms with Crippen LogP contribution in [-0.2, 0) is 4.74 Å². The van der Waals surface area contributed by atoms with Crippen molar-refractivity contribution < 1.29 is 9.47 Å². The first kappa shape index (κ1) is 13.7. The van der Waals surface area contributed by atoms with E-state index in [9.17, 15) is 0 Å². The number of ether oxygens (including phenoxy) is 2. The Morgan fingerprint density at radius 1 is 1.39 bits per heavy atom. The standard InChI is InChI=1S/C14H21NO2S/c1-16-12-7-11(13(8-15)17-2)5-6-14(12)18-9-10-3-4-10/h5-7,10,13H,3-4,8-9,15H2,1-2H3. The first-order chi connectivity index (χ1) is 8.78. The highest BCUT2D eigenvalue weighted by atomic mass is 32.2. The fourth-order valence-electron chi connectivity index (χ4n) is 1.86. The topological polar surface area (TPSA) is 44.5 Å². The molecule has 1 aromatic carbocycles. The van der Waals surface area contributed by atoms with Gasteiger partial charge in [0.05, 0.1) is 13.2 Å². The molecule has 1 saturated carbocycles. The Morgan fingerprint density at radius 3 is 2.72 bits per heavy atom. The van der Waals surface area contributed by atoms with E-state index in [1.165, 1.54) is 23.5 Å². The van der Waals surface area contributed by atoms with E-state index < -0.39 is 0 Å². The molecule has 4 heteroatoms. The average molecular weight is 267 g/mol. The molecule has 1 fully saturated rings. The van der Waals surface area contributed by atoms with Gasteiger partial charge in [-0.25, -0.2) is 0 Å². The molecule has 0 bridgehead atoms. The Bertz CT molecular complexity index is 389. The van der Waals surface area contributed by atoms with Gasteiger partial charge in [-0.05, 0) is 36.5 Å². The van der Waals surface area contributed by atoms with E-state index in [0.29, 0.717) is 6.54 Å². The molecule has 2 N–H and O–H groups in total. The number of nitrogens with two attached hydrogens (primary N) is 1. The van der Waals surface area contributed by atoms with E-state index in [4.69, 9.17) is 15.2 Å². The highest BCUT2D eigenvalue weighted by Gasteiger charge is 2.22. The van der Waals surface area contributed by atoms with Crippen LogP contribution in [0.2, 0.25) is 0 Å². The van der Waals surface area contributed by atoms with Gasteiger partial charge < -0.3 is 15.2 Å². The zero-order valence-corrected chi connectivity index (χ0v) is 11.8. The third kappa shape index (κ3) is 3.40. The van der Waals surface area contributed by atoms with Gasteiger partial charge in [0.25, 0.3) is 0 Å². The summed E-state index contributed by atoms with van der Waals surface area (Å²) in [5.74, 6) is 3.03. The predicted octanol–water partition coefficient (Wildman–Crippen LogP) is 2.84. The molecule has 0 aromatic heterocycles. The van der Waals surface area contributed by atoms with E-state index in [-0.39, 0.29) is 6.10 Å². The van der Waals surface area contributed by atoms with Crippen molar-refractivity contribution in [2.45, 2.75) is 23.8 Å². The summed E-state index contributed by atoms with van der Waals surface area (Å²) in [5, 5.41) is 0. The van der Waals surface area contributed by atoms with Gasteiger partial charge in [0.15, 0.2) is 0 Å². The van der Waals surface area contributed by atoms with Crippen LogP contribution >= 0.6 is 11.8 Å². The molecule has 1 aromatic rings.